The highest BCUT2D eigenvalue weighted by Gasteiger charge is 2.29. The fourth-order valence-corrected chi connectivity index (χ4v) is 3.66. The molecule has 1 aliphatic rings. The Kier molecular flexibility index (Phi) is 4.63. The van der Waals surface area contributed by atoms with E-state index in [2.05, 4.69) is 26.1 Å². The topological polar surface area (TPSA) is 72.2 Å². The van der Waals surface area contributed by atoms with E-state index in [1.165, 1.54) is 18.9 Å². The highest BCUT2D eigenvalue weighted by Crippen LogP contribution is 2.38. The molecule has 1 aliphatic carbocycles. The van der Waals surface area contributed by atoms with Gasteiger partial charge in [0.1, 0.15) is 0 Å². The summed E-state index contributed by atoms with van der Waals surface area (Å²) in [6, 6.07) is 7.18. The van der Waals surface area contributed by atoms with Crippen molar-refractivity contribution in [2.45, 2.75) is 57.4 Å². The van der Waals surface area contributed by atoms with Gasteiger partial charge in [-0.25, -0.2) is 13.6 Å². The molecule has 2 rings (SSSR count). The van der Waals surface area contributed by atoms with E-state index in [1.807, 2.05) is 6.07 Å². The molecular weight excluding hydrogens is 284 g/mol. The summed E-state index contributed by atoms with van der Waals surface area (Å²) in [5, 5.41) is 8.61. The maximum absolute atomic E-state index is 11.4. The summed E-state index contributed by atoms with van der Waals surface area (Å²) >= 11 is 0. The Morgan fingerprint density at radius 1 is 1.14 bits per heavy atom. The van der Waals surface area contributed by atoms with Crippen LogP contribution in [-0.2, 0) is 10.0 Å². The highest BCUT2D eigenvalue weighted by atomic mass is 32.2. The standard InChI is InChI=1S/C16H26N2O2S/c1-16(2,3)12-7-9-13(10-8-12)18-14-5-4-6-15(11-14)21(17,19)20/h4-6,11-13,18H,7-10H2,1-3H3,(H2,17,19,20). The van der Waals surface area contributed by atoms with Crippen molar-refractivity contribution < 1.29 is 8.42 Å². The van der Waals surface area contributed by atoms with Crippen molar-refractivity contribution in [1.82, 2.24) is 0 Å². The van der Waals surface area contributed by atoms with Crippen molar-refractivity contribution in [2.75, 3.05) is 5.32 Å². The van der Waals surface area contributed by atoms with Gasteiger partial charge in [0.25, 0.3) is 0 Å². The number of anilines is 1. The number of rotatable bonds is 3. The quantitative estimate of drug-likeness (QED) is 0.899. The van der Waals surface area contributed by atoms with Crippen molar-refractivity contribution >= 4 is 15.7 Å². The molecule has 0 spiro atoms. The molecule has 0 radical (unpaired) electrons. The molecule has 3 N–H and O–H groups in total. The second-order valence-electron chi connectivity index (χ2n) is 7.13. The number of hydrogen-bond acceptors (Lipinski definition) is 3. The summed E-state index contributed by atoms with van der Waals surface area (Å²) in [6.07, 6.45) is 4.69. The summed E-state index contributed by atoms with van der Waals surface area (Å²) in [5.41, 5.74) is 1.21. The van der Waals surface area contributed by atoms with Crippen LogP contribution in [0.15, 0.2) is 29.2 Å². The van der Waals surface area contributed by atoms with E-state index in [0.717, 1.165) is 24.4 Å². The van der Waals surface area contributed by atoms with Gasteiger partial charge in [-0.05, 0) is 55.2 Å². The number of primary sulfonamides is 1. The number of hydrogen-bond donors (Lipinski definition) is 2. The van der Waals surface area contributed by atoms with E-state index in [9.17, 15) is 8.42 Å². The smallest absolute Gasteiger partial charge is 0.238 e. The predicted molar refractivity (Wildman–Crippen MR) is 86.6 cm³/mol. The lowest BCUT2D eigenvalue weighted by Crippen LogP contribution is -2.31. The summed E-state index contributed by atoms with van der Waals surface area (Å²) < 4.78 is 22.8. The van der Waals surface area contributed by atoms with Gasteiger partial charge in [-0.3, -0.25) is 0 Å². The van der Waals surface area contributed by atoms with E-state index in [4.69, 9.17) is 5.14 Å². The molecule has 0 unspecified atom stereocenters. The molecule has 0 aromatic heterocycles. The van der Waals surface area contributed by atoms with E-state index in [0.29, 0.717) is 11.5 Å². The lowest BCUT2D eigenvalue weighted by Gasteiger charge is -2.37. The molecule has 5 heteroatoms. The first-order valence-electron chi connectivity index (χ1n) is 7.55. The van der Waals surface area contributed by atoms with Crippen LogP contribution in [0.4, 0.5) is 5.69 Å². The Bertz CT molecular complexity index is 583. The summed E-state index contributed by atoms with van der Waals surface area (Å²) in [4.78, 5) is 0.163. The van der Waals surface area contributed by atoms with Crippen molar-refractivity contribution in [3.63, 3.8) is 0 Å². The number of nitrogens with one attached hydrogen (secondary N) is 1. The number of benzene rings is 1. The minimum atomic E-state index is -3.63. The molecule has 1 fully saturated rings. The molecule has 0 saturated heterocycles. The maximum atomic E-state index is 11.4. The SMILES string of the molecule is CC(C)(C)C1CCC(Nc2cccc(S(N)(=O)=O)c2)CC1. The van der Waals surface area contributed by atoms with E-state index < -0.39 is 10.0 Å². The van der Waals surface area contributed by atoms with Crippen LogP contribution in [0.25, 0.3) is 0 Å². The first kappa shape index (κ1) is 16.3. The van der Waals surface area contributed by atoms with E-state index in [1.54, 1.807) is 12.1 Å². The average Bonchev–Trinajstić information content (AvgIpc) is 2.37. The Morgan fingerprint density at radius 3 is 2.29 bits per heavy atom. The summed E-state index contributed by atoms with van der Waals surface area (Å²) in [5.74, 6) is 0.770. The minimum absolute atomic E-state index is 0.163. The molecule has 0 heterocycles. The average molecular weight is 310 g/mol. The molecule has 0 amide bonds. The van der Waals surface area contributed by atoms with Gasteiger partial charge in [-0.2, -0.15) is 0 Å². The van der Waals surface area contributed by atoms with Crippen LogP contribution in [0.5, 0.6) is 0 Å². The molecular formula is C16H26N2O2S. The zero-order valence-electron chi connectivity index (χ0n) is 13.1. The van der Waals surface area contributed by atoms with Crippen LogP contribution in [0.2, 0.25) is 0 Å². The largest absolute Gasteiger partial charge is 0.382 e. The normalized spacial score (nSPS) is 23.8. The van der Waals surface area contributed by atoms with Crippen LogP contribution < -0.4 is 10.5 Å². The van der Waals surface area contributed by atoms with E-state index in [-0.39, 0.29) is 4.90 Å². The second kappa shape index (κ2) is 5.97. The predicted octanol–water partition coefficient (Wildman–Crippen LogP) is 3.35. The van der Waals surface area contributed by atoms with Gasteiger partial charge >= 0.3 is 0 Å². The molecule has 4 nitrogen and oxygen atoms in total. The zero-order chi connectivity index (χ0) is 15.7. The van der Waals surface area contributed by atoms with E-state index >= 15 is 0 Å². The third kappa shape index (κ3) is 4.45. The minimum Gasteiger partial charge on any atom is -0.382 e. The molecule has 21 heavy (non-hydrogen) atoms. The molecule has 0 aliphatic heterocycles. The zero-order valence-corrected chi connectivity index (χ0v) is 13.9. The number of nitrogens with two attached hydrogens (primary N) is 1. The lowest BCUT2D eigenvalue weighted by atomic mass is 9.71. The van der Waals surface area contributed by atoms with Gasteiger partial charge in [-0.15, -0.1) is 0 Å². The number of sulfonamides is 1. The molecule has 118 valence electrons. The van der Waals surface area contributed by atoms with Gasteiger partial charge < -0.3 is 5.32 Å². The third-order valence-electron chi connectivity index (χ3n) is 4.49. The van der Waals surface area contributed by atoms with Crippen molar-refractivity contribution in [2.24, 2.45) is 16.5 Å². The summed E-state index contributed by atoms with van der Waals surface area (Å²) in [6.45, 7) is 6.92. The molecule has 1 aromatic carbocycles. The van der Waals surface area contributed by atoms with Crippen LogP contribution in [0.3, 0.4) is 0 Å². The Balaban J connectivity index is 1.98. The molecule has 0 atom stereocenters. The van der Waals surface area contributed by atoms with Crippen LogP contribution in [0.1, 0.15) is 46.5 Å². The molecule has 1 saturated carbocycles. The van der Waals surface area contributed by atoms with Gasteiger partial charge in [0, 0.05) is 11.7 Å². The van der Waals surface area contributed by atoms with Gasteiger partial charge in [-0.1, -0.05) is 26.8 Å². The lowest BCUT2D eigenvalue weighted by molar-refractivity contribution is 0.173. The highest BCUT2D eigenvalue weighted by molar-refractivity contribution is 7.89. The van der Waals surface area contributed by atoms with Crippen LogP contribution in [-0.4, -0.2) is 14.5 Å². The molecule has 1 aromatic rings. The monoisotopic (exact) mass is 310 g/mol. The molecule has 0 bridgehead atoms. The Hall–Kier alpha value is -1.07. The third-order valence-corrected chi connectivity index (χ3v) is 5.40. The van der Waals surface area contributed by atoms with Crippen molar-refractivity contribution in [3.05, 3.63) is 24.3 Å². The van der Waals surface area contributed by atoms with Crippen molar-refractivity contribution in [3.8, 4) is 0 Å². The Morgan fingerprint density at radius 2 is 1.76 bits per heavy atom. The van der Waals surface area contributed by atoms with Gasteiger partial charge in [0.15, 0.2) is 0 Å². The fraction of sp³-hybridized carbons (Fsp3) is 0.625. The second-order valence-corrected chi connectivity index (χ2v) is 8.69. The first-order valence-corrected chi connectivity index (χ1v) is 9.10. The van der Waals surface area contributed by atoms with Crippen LogP contribution >= 0.6 is 0 Å². The van der Waals surface area contributed by atoms with Gasteiger partial charge in [0.2, 0.25) is 10.0 Å². The van der Waals surface area contributed by atoms with Gasteiger partial charge in [0.05, 0.1) is 4.90 Å². The first-order chi connectivity index (χ1) is 9.66. The Labute approximate surface area is 128 Å². The maximum Gasteiger partial charge on any atom is 0.238 e. The van der Waals surface area contributed by atoms with Crippen molar-refractivity contribution in [1.29, 1.82) is 0 Å². The fourth-order valence-electron chi connectivity index (χ4n) is 3.10. The summed E-state index contributed by atoms with van der Waals surface area (Å²) in [7, 11) is -3.63. The van der Waals surface area contributed by atoms with Crippen LogP contribution in [0, 0.1) is 11.3 Å².